The first-order chi connectivity index (χ1) is 12.6. The van der Waals surface area contributed by atoms with Gasteiger partial charge in [0.1, 0.15) is 5.58 Å². The fourth-order valence-electron chi connectivity index (χ4n) is 4.63. The van der Waals surface area contributed by atoms with Crippen LogP contribution in [0.4, 0.5) is 0 Å². The SMILES string of the molecule is Cc1ccc2oc(C(=O)N3CCN4[C@@H](COC[C@@H]4C4CC4)C3)c(C)c2c1. The minimum Gasteiger partial charge on any atom is -0.451 e. The number of morpholine rings is 1. The number of furan rings is 1. The Morgan fingerprint density at radius 3 is 2.81 bits per heavy atom. The van der Waals surface area contributed by atoms with Crippen LogP contribution in [-0.4, -0.2) is 60.6 Å². The number of carbonyl (C=O) groups is 1. The molecule has 1 aromatic heterocycles. The highest BCUT2D eigenvalue weighted by molar-refractivity contribution is 5.99. The van der Waals surface area contributed by atoms with Gasteiger partial charge in [-0.2, -0.15) is 0 Å². The van der Waals surface area contributed by atoms with Crippen LogP contribution in [0.3, 0.4) is 0 Å². The molecule has 0 radical (unpaired) electrons. The average molecular weight is 354 g/mol. The average Bonchev–Trinajstić information content (AvgIpc) is 3.45. The summed E-state index contributed by atoms with van der Waals surface area (Å²) in [6.07, 6.45) is 2.66. The van der Waals surface area contributed by atoms with Crippen molar-refractivity contribution in [3.05, 3.63) is 35.1 Å². The lowest BCUT2D eigenvalue weighted by Crippen LogP contribution is -2.63. The standard InChI is InChI=1S/C21H26N2O3/c1-13-3-6-19-17(9-13)14(2)20(26-19)21(24)22-7-8-23-16(10-22)11-25-12-18(23)15-4-5-15/h3,6,9,15-16,18H,4-5,7-8,10-12H2,1-2H3/t16-,18-/m1/s1. The summed E-state index contributed by atoms with van der Waals surface area (Å²) in [6.45, 7) is 8.08. The van der Waals surface area contributed by atoms with E-state index in [0.29, 0.717) is 17.8 Å². The molecule has 2 aromatic rings. The predicted octanol–water partition coefficient (Wildman–Crippen LogP) is 2.98. The Morgan fingerprint density at radius 2 is 2.00 bits per heavy atom. The van der Waals surface area contributed by atoms with Crippen LogP contribution in [0.2, 0.25) is 0 Å². The molecule has 3 heterocycles. The Morgan fingerprint density at radius 1 is 1.15 bits per heavy atom. The number of carbonyl (C=O) groups excluding carboxylic acids is 1. The van der Waals surface area contributed by atoms with Gasteiger partial charge in [0.15, 0.2) is 5.76 Å². The van der Waals surface area contributed by atoms with Crippen molar-refractivity contribution in [2.24, 2.45) is 5.92 Å². The van der Waals surface area contributed by atoms with E-state index in [9.17, 15) is 4.79 Å². The summed E-state index contributed by atoms with van der Waals surface area (Å²) >= 11 is 0. The maximum Gasteiger partial charge on any atom is 0.289 e. The molecule has 0 bridgehead atoms. The summed E-state index contributed by atoms with van der Waals surface area (Å²) in [5, 5.41) is 1.04. The van der Waals surface area contributed by atoms with Gasteiger partial charge in [0.2, 0.25) is 0 Å². The molecule has 0 spiro atoms. The van der Waals surface area contributed by atoms with Gasteiger partial charge in [0, 0.05) is 36.6 Å². The Kier molecular flexibility index (Phi) is 3.83. The number of nitrogens with zero attached hydrogens (tertiary/aromatic N) is 2. The van der Waals surface area contributed by atoms with E-state index in [0.717, 1.165) is 55.3 Å². The number of hydrogen-bond acceptors (Lipinski definition) is 4. The van der Waals surface area contributed by atoms with Gasteiger partial charge in [-0.15, -0.1) is 0 Å². The van der Waals surface area contributed by atoms with E-state index in [2.05, 4.69) is 17.9 Å². The van der Waals surface area contributed by atoms with E-state index in [1.165, 1.54) is 18.4 Å². The molecule has 0 unspecified atom stereocenters. The lowest BCUT2D eigenvalue weighted by atomic mass is 10.0. The number of ether oxygens (including phenoxy) is 1. The molecule has 2 saturated heterocycles. The van der Waals surface area contributed by atoms with Gasteiger partial charge in [-0.1, -0.05) is 11.6 Å². The minimum atomic E-state index is 0.0181. The van der Waals surface area contributed by atoms with Crippen molar-refractivity contribution in [2.45, 2.75) is 38.8 Å². The van der Waals surface area contributed by atoms with E-state index in [-0.39, 0.29) is 5.91 Å². The number of aryl methyl sites for hydroxylation is 2. The maximum atomic E-state index is 13.2. The minimum absolute atomic E-state index is 0.0181. The van der Waals surface area contributed by atoms with Crippen molar-refractivity contribution in [3.8, 4) is 0 Å². The summed E-state index contributed by atoms with van der Waals surface area (Å²) in [5.41, 5.74) is 2.93. The fraction of sp³-hybridized carbons (Fsp3) is 0.571. The zero-order valence-corrected chi connectivity index (χ0v) is 15.5. The number of rotatable bonds is 2. The topological polar surface area (TPSA) is 45.9 Å². The van der Waals surface area contributed by atoms with Gasteiger partial charge in [-0.25, -0.2) is 0 Å². The van der Waals surface area contributed by atoms with Gasteiger partial charge in [0.25, 0.3) is 5.91 Å². The second kappa shape index (κ2) is 6.10. The van der Waals surface area contributed by atoms with Crippen LogP contribution >= 0.6 is 0 Å². The van der Waals surface area contributed by atoms with Crippen molar-refractivity contribution in [2.75, 3.05) is 32.8 Å². The van der Waals surface area contributed by atoms with Crippen molar-refractivity contribution in [1.82, 2.24) is 9.80 Å². The molecule has 1 aliphatic carbocycles. The first-order valence-electron chi connectivity index (χ1n) is 9.74. The van der Waals surface area contributed by atoms with Crippen molar-refractivity contribution in [3.63, 3.8) is 0 Å². The molecular formula is C21H26N2O3. The Bertz CT molecular complexity index is 854. The van der Waals surface area contributed by atoms with Crippen molar-refractivity contribution in [1.29, 1.82) is 0 Å². The summed E-state index contributed by atoms with van der Waals surface area (Å²) < 4.78 is 11.8. The second-order valence-electron chi connectivity index (χ2n) is 8.14. The zero-order valence-electron chi connectivity index (χ0n) is 15.5. The largest absolute Gasteiger partial charge is 0.451 e. The quantitative estimate of drug-likeness (QED) is 0.832. The van der Waals surface area contributed by atoms with Crippen LogP contribution in [0.15, 0.2) is 22.6 Å². The third-order valence-electron chi connectivity index (χ3n) is 6.29. The van der Waals surface area contributed by atoms with Gasteiger partial charge in [-0.3, -0.25) is 9.69 Å². The molecule has 2 atom stereocenters. The summed E-state index contributed by atoms with van der Waals surface area (Å²) in [7, 11) is 0. The zero-order chi connectivity index (χ0) is 17.8. The van der Waals surface area contributed by atoms with Gasteiger partial charge >= 0.3 is 0 Å². The normalized spacial score (nSPS) is 26.9. The summed E-state index contributed by atoms with van der Waals surface area (Å²) in [4.78, 5) is 17.7. The van der Waals surface area contributed by atoms with E-state index >= 15 is 0 Å². The molecule has 138 valence electrons. The van der Waals surface area contributed by atoms with Crippen LogP contribution < -0.4 is 0 Å². The van der Waals surface area contributed by atoms with Crippen LogP contribution in [0.1, 0.15) is 34.5 Å². The summed E-state index contributed by atoms with van der Waals surface area (Å²) in [6, 6.07) is 6.95. The smallest absolute Gasteiger partial charge is 0.289 e. The maximum absolute atomic E-state index is 13.2. The van der Waals surface area contributed by atoms with Crippen LogP contribution in [0.25, 0.3) is 11.0 Å². The van der Waals surface area contributed by atoms with Crippen LogP contribution in [0, 0.1) is 19.8 Å². The van der Waals surface area contributed by atoms with Gasteiger partial charge < -0.3 is 14.1 Å². The molecule has 1 amide bonds. The second-order valence-corrected chi connectivity index (χ2v) is 8.14. The molecule has 3 fully saturated rings. The molecule has 1 aromatic carbocycles. The molecular weight excluding hydrogens is 328 g/mol. The van der Waals surface area contributed by atoms with E-state index in [1.807, 2.05) is 24.0 Å². The van der Waals surface area contributed by atoms with Gasteiger partial charge in [-0.05, 0) is 44.7 Å². The number of hydrogen-bond donors (Lipinski definition) is 0. The highest BCUT2D eigenvalue weighted by Gasteiger charge is 2.43. The monoisotopic (exact) mass is 354 g/mol. The fourth-order valence-corrected chi connectivity index (χ4v) is 4.63. The van der Waals surface area contributed by atoms with Crippen LogP contribution in [0.5, 0.6) is 0 Å². The highest BCUT2D eigenvalue weighted by Crippen LogP contribution is 2.38. The molecule has 1 saturated carbocycles. The highest BCUT2D eigenvalue weighted by atomic mass is 16.5. The van der Waals surface area contributed by atoms with E-state index in [4.69, 9.17) is 9.15 Å². The molecule has 3 aliphatic rings. The predicted molar refractivity (Wildman–Crippen MR) is 99.4 cm³/mol. The first-order valence-corrected chi connectivity index (χ1v) is 9.74. The number of benzene rings is 1. The Labute approximate surface area is 153 Å². The molecule has 5 rings (SSSR count). The number of amides is 1. The first kappa shape index (κ1) is 16.3. The van der Waals surface area contributed by atoms with Crippen molar-refractivity contribution < 1.29 is 13.9 Å². The van der Waals surface area contributed by atoms with Crippen LogP contribution in [-0.2, 0) is 4.74 Å². The van der Waals surface area contributed by atoms with E-state index < -0.39 is 0 Å². The van der Waals surface area contributed by atoms with Crippen molar-refractivity contribution >= 4 is 16.9 Å². The van der Waals surface area contributed by atoms with E-state index in [1.54, 1.807) is 0 Å². The Hall–Kier alpha value is -1.85. The lowest BCUT2D eigenvalue weighted by molar-refractivity contribution is -0.0818. The molecule has 0 N–H and O–H groups in total. The molecule has 2 aliphatic heterocycles. The number of fused-ring (bicyclic) bond motifs is 2. The molecule has 26 heavy (non-hydrogen) atoms. The van der Waals surface area contributed by atoms with Gasteiger partial charge in [0.05, 0.1) is 19.3 Å². The molecule has 5 heteroatoms. The Balaban J connectivity index is 1.37. The lowest BCUT2D eigenvalue weighted by Gasteiger charge is -2.48. The summed E-state index contributed by atoms with van der Waals surface area (Å²) in [5.74, 6) is 1.32. The third-order valence-corrected chi connectivity index (χ3v) is 6.29. The third kappa shape index (κ3) is 2.65. The number of piperazine rings is 1. The molecule has 5 nitrogen and oxygen atoms in total.